The molecule has 6 nitrogen and oxygen atoms in total. The minimum atomic E-state index is -3.88. The van der Waals surface area contributed by atoms with Crippen molar-refractivity contribution in [2.75, 3.05) is 0 Å². The van der Waals surface area contributed by atoms with Crippen molar-refractivity contribution in [1.29, 1.82) is 0 Å². The SMILES string of the molecule is Cc1cccc(-c2n[nH]c(S(=O)(=O)Cl)n2)n1. The Balaban J connectivity index is 2.47. The fraction of sp³-hybridized carbons (Fsp3) is 0.125. The quantitative estimate of drug-likeness (QED) is 0.815. The molecule has 1 N–H and O–H groups in total. The van der Waals surface area contributed by atoms with E-state index in [1.54, 1.807) is 12.1 Å². The first-order chi connectivity index (χ1) is 7.47. The molecule has 2 aromatic heterocycles. The molecule has 0 saturated carbocycles. The molecule has 2 heterocycles. The molecule has 84 valence electrons. The van der Waals surface area contributed by atoms with E-state index >= 15 is 0 Å². The predicted molar refractivity (Wildman–Crippen MR) is 57.4 cm³/mol. The fourth-order valence-electron chi connectivity index (χ4n) is 1.14. The van der Waals surface area contributed by atoms with Gasteiger partial charge in [-0.05, 0) is 19.1 Å². The van der Waals surface area contributed by atoms with Gasteiger partial charge >= 0.3 is 0 Å². The molecule has 0 bridgehead atoms. The van der Waals surface area contributed by atoms with Crippen LogP contribution in [0.1, 0.15) is 5.69 Å². The number of nitrogens with one attached hydrogen (secondary N) is 1. The minimum absolute atomic E-state index is 0.197. The van der Waals surface area contributed by atoms with Crippen molar-refractivity contribution < 1.29 is 8.42 Å². The molecular weight excluding hydrogens is 252 g/mol. The van der Waals surface area contributed by atoms with Crippen LogP contribution in [0.4, 0.5) is 0 Å². The van der Waals surface area contributed by atoms with Crippen LogP contribution in [0.25, 0.3) is 11.5 Å². The summed E-state index contributed by atoms with van der Waals surface area (Å²) in [5.41, 5.74) is 1.28. The molecule has 0 aliphatic rings. The van der Waals surface area contributed by atoms with Crippen LogP contribution in [0.3, 0.4) is 0 Å². The van der Waals surface area contributed by atoms with E-state index < -0.39 is 9.05 Å². The molecule has 0 radical (unpaired) electrons. The van der Waals surface area contributed by atoms with Crippen molar-refractivity contribution in [3.63, 3.8) is 0 Å². The zero-order valence-electron chi connectivity index (χ0n) is 8.18. The number of halogens is 1. The third kappa shape index (κ3) is 2.20. The van der Waals surface area contributed by atoms with E-state index in [4.69, 9.17) is 10.7 Å². The lowest BCUT2D eigenvalue weighted by Gasteiger charge is -1.94. The first-order valence-corrected chi connectivity index (χ1v) is 6.59. The van der Waals surface area contributed by atoms with Crippen molar-refractivity contribution in [2.24, 2.45) is 0 Å². The molecule has 16 heavy (non-hydrogen) atoms. The van der Waals surface area contributed by atoms with E-state index in [1.807, 2.05) is 13.0 Å². The summed E-state index contributed by atoms with van der Waals surface area (Å²) in [6, 6.07) is 5.28. The highest BCUT2D eigenvalue weighted by molar-refractivity contribution is 8.13. The third-order valence-electron chi connectivity index (χ3n) is 1.81. The topological polar surface area (TPSA) is 88.6 Å². The average Bonchev–Trinajstić information content (AvgIpc) is 2.65. The van der Waals surface area contributed by atoms with E-state index in [1.165, 1.54) is 0 Å². The highest BCUT2D eigenvalue weighted by Crippen LogP contribution is 2.15. The molecule has 0 spiro atoms. The second-order valence-electron chi connectivity index (χ2n) is 3.07. The van der Waals surface area contributed by atoms with Gasteiger partial charge in [-0.3, -0.25) is 0 Å². The lowest BCUT2D eigenvalue weighted by molar-refractivity contribution is 0.602. The van der Waals surface area contributed by atoms with Crippen LogP contribution in [0.5, 0.6) is 0 Å². The van der Waals surface area contributed by atoms with Gasteiger partial charge in [-0.2, -0.15) is 10.1 Å². The van der Waals surface area contributed by atoms with Gasteiger partial charge < -0.3 is 0 Å². The molecule has 0 amide bonds. The van der Waals surface area contributed by atoms with Gasteiger partial charge in [0.05, 0.1) is 0 Å². The van der Waals surface area contributed by atoms with Crippen LogP contribution >= 0.6 is 10.7 Å². The summed E-state index contributed by atoms with van der Waals surface area (Å²) in [5.74, 6) is 0.197. The second-order valence-corrected chi connectivity index (χ2v) is 5.55. The molecule has 2 rings (SSSR count). The molecule has 2 aromatic rings. The summed E-state index contributed by atoms with van der Waals surface area (Å²) in [7, 11) is 1.22. The summed E-state index contributed by atoms with van der Waals surface area (Å²) in [4.78, 5) is 7.90. The van der Waals surface area contributed by atoms with Crippen LogP contribution in [0, 0.1) is 6.92 Å². The van der Waals surface area contributed by atoms with Crippen molar-refractivity contribution in [1.82, 2.24) is 20.2 Å². The Hall–Kier alpha value is -1.47. The predicted octanol–water partition coefficient (Wildman–Crippen LogP) is 1.10. The zero-order chi connectivity index (χ0) is 11.8. The van der Waals surface area contributed by atoms with E-state index in [0.29, 0.717) is 5.69 Å². The van der Waals surface area contributed by atoms with Crippen molar-refractivity contribution in [3.05, 3.63) is 23.9 Å². The van der Waals surface area contributed by atoms with E-state index in [9.17, 15) is 8.42 Å². The Morgan fingerprint density at radius 2 is 2.06 bits per heavy atom. The van der Waals surface area contributed by atoms with Gasteiger partial charge in [0.1, 0.15) is 5.69 Å². The third-order valence-corrected chi connectivity index (χ3v) is 2.90. The Morgan fingerprint density at radius 1 is 1.31 bits per heavy atom. The van der Waals surface area contributed by atoms with E-state index in [-0.39, 0.29) is 11.0 Å². The maximum atomic E-state index is 11.0. The maximum absolute atomic E-state index is 11.0. The summed E-state index contributed by atoms with van der Waals surface area (Å²) in [5, 5.41) is 5.59. The smallest absolute Gasteiger partial charge is 0.250 e. The standard InChI is InChI=1S/C8H7ClN4O2S/c1-5-3-2-4-6(10-5)7-11-8(13-12-7)16(9,14)15/h2-4H,1H3,(H,11,12,13). The molecule has 0 aliphatic carbocycles. The van der Waals surface area contributed by atoms with Crippen LogP contribution in [0.2, 0.25) is 0 Å². The first-order valence-electron chi connectivity index (χ1n) is 4.28. The number of aryl methyl sites for hydroxylation is 1. The van der Waals surface area contributed by atoms with Gasteiger partial charge in [0.25, 0.3) is 14.2 Å². The lowest BCUT2D eigenvalue weighted by atomic mass is 10.3. The number of rotatable bonds is 2. The average molecular weight is 259 g/mol. The molecular formula is C8H7ClN4O2S. The van der Waals surface area contributed by atoms with E-state index in [0.717, 1.165) is 5.69 Å². The van der Waals surface area contributed by atoms with Gasteiger partial charge in [-0.15, -0.1) is 0 Å². The van der Waals surface area contributed by atoms with Crippen molar-refractivity contribution in [3.8, 4) is 11.5 Å². The summed E-state index contributed by atoms with van der Waals surface area (Å²) < 4.78 is 21.9. The van der Waals surface area contributed by atoms with Gasteiger partial charge in [0, 0.05) is 16.4 Å². The zero-order valence-corrected chi connectivity index (χ0v) is 9.75. The molecule has 0 aliphatic heterocycles. The maximum Gasteiger partial charge on any atom is 0.296 e. The second kappa shape index (κ2) is 3.84. The van der Waals surface area contributed by atoms with Crippen molar-refractivity contribution >= 4 is 19.7 Å². The Bertz CT molecular complexity index is 622. The van der Waals surface area contributed by atoms with Crippen LogP contribution < -0.4 is 0 Å². The molecule has 0 unspecified atom stereocenters. The number of H-pyrrole nitrogens is 1. The highest BCUT2D eigenvalue weighted by Gasteiger charge is 2.17. The summed E-state index contributed by atoms with van der Waals surface area (Å²) in [6.45, 7) is 1.81. The number of aromatic amines is 1. The number of aromatic nitrogens is 4. The van der Waals surface area contributed by atoms with Gasteiger partial charge in [-0.1, -0.05) is 6.07 Å². The van der Waals surface area contributed by atoms with Gasteiger partial charge in [0.15, 0.2) is 0 Å². The minimum Gasteiger partial charge on any atom is -0.250 e. The summed E-state index contributed by atoms with van der Waals surface area (Å²) in [6.07, 6.45) is 0. The normalized spacial score (nSPS) is 11.6. The molecule has 0 atom stereocenters. The largest absolute Gasteiger partial charge is 0.296 e. The molecule has 0 fully saturated rings. The van der Waals surface area contributed by atoms with Crippen LogP contribution in [-0.2, 0) is 9.05 Å². The Labute approximate surface area is 96.1 Å². The first kappa shape index (κ1) is 11.0. The number of pyridine rings is 1. The van der Waals surface area contributed by atoms with Crippen LogP contribution in [-0.4, -0.2) is 28.6 Å². The van der Waals surface area contributed by atoms with Gasteiger partial charge in [0.2, 0.25) is 5.82 Å². The lowest BCUT2D eigenvalue weighted by Crippen LogP contribution is -1.93. The molecule has 0 saturated heterocycles. The number of nitrogens with zero attached hydrogens (tertiary/aromatic N) is 3. The van der Waals surface area contributed by atoms with Crippen LogP contribution in [0.15, 0.2) is 23.4 Å². The van der Waals surface area contributed by atoms with Crippen molar-refractivity contribution in [2.45, 2.75) is 12.1 Å². The van der Waals surface area contributed by atoms with E-state index in [2.05, 4.69) is 20.2 Å². The number of hydrogen-bond acceptors (Lipinski definition) is 5. The van der Waals surface area contributed by atoms with Gasteiger partial charge in [-0.25, -0.2) is 18.5 Å². The molecule has 8 heteroatoms. The Morgan fingerprint density at radius 3 is 2.62 bits per heavy atom. The fourth-order valence-corrected chi connectivity index (χ4v) is 1.70. The highest BCUT2D eigenvalue weighted by atomic mass is 35.7. The summed E-state index contributed by atoms with van der Waals surface area (Å²) >= 11 is 0. The molecule has 0 aromatic carbocycles. The Kier molecular flexibility index (Phi) is 2.64. The monoisotopic (exact) mass is 258 g/mol. The number of hydrogen-bond donors (Lipinski definition) is 1.